The Kier molecular flexibility index (Phi) is 19.1. The van der Waals surface area contributed by atoms with Gasteiger partial charge in [0.2, 0.25) is 0 Å². The van der Waals surface area contributed by atoms with Crippen LogP contribution in [-0.2, 0) is 0 Å². The van der Waals surface area contributed by atoms with Crippen LogP contribution in [0.3, 0.4) is 0 Å². The molecule has 0 aliphatic heterocycles. The summed E-state index contributed by atoms with van der Waals surface area (Å²) in [5, 5.41) is 46.6. The lowest BCUT2D eigenvalue weighted by Crippen LogP contribution is -1.93. The molecule has 0 aliphatic rings. The third-order valence-electron chi connectivity index (χ3n) is 32.0. The van der Waals surface area contributed by atoms with E-state index in [1.165, 1.54) is 299 Å². The first-order valence-electron chi connectivity index (χ1n) is 51.5. The van der Waals surface area contributed by atoms with Gasteiger partial charge < -0.3 is 8.98 Å². The minimum absolute atomic E-state index is 0.918. The van der Waals surface area contributed by atoms with Crippen molar-refractivity contribution in [1.29, 1.82) is 0 Å². The molecule has 34 rings (SSSR count). The van der Waals surface area contributed by atoms with Crippen molar-refractivity contribution >= 4 is 299 Å². The summed E-state index contributed by atoms with van der Waals surface area (Å²) in [6.45, 7) is 0. The van der Waals surface area contributed by atoms with Crippen molar-refractivity contribution in [2.75, 3.05) is 0 Å². The number of benzene rings is 28. The molecular formula is C144H83NOS4. The van der Waals surface area contributed by atoms with Gasteiger partial charge >= 0.3 is 0 Å². The smallest absolute Gasteiger partial charge is 0.143 e. The Morgan fingerprint density at radius 2 is 0.407 bits per heavy atom. The Labute approximate surface area is 876 Å². The van der Waals surface area contributed by atoms with Crippen LogP contribution >= 0.6 is 45.3 Å². The number of para-hydroxylation sites is 4. The van der Waals surface area contributed by atoms with E-state index in [-0.39, 0.29) is 0 Å². The Bertz CT molecular complexity index is 11600. The number of furan rings is 1. The highest BCUT2D eigenvalue weighted by molar-refractivity contribution is 7.28. The van der Waals surface area contributed by atoms with Crippen molar-refractivity contribution in [3.05, 3.63) is 504 Å². The van der Waals surface area contributed by atoms with E-state index >= 15 is 0 Å². The van der Waals surface area contributed by atoms with Crippen LogP contribution in [-0.4, -0.2) is 4.57 Å². The van der Waals surface area contributed by atoms with E-state index in [1.54, 1.807) is 0 Å². The molecule has 0 N–H and O–H groups in total. The molecule has 0 aliphatic carbocycles. The number of hydrogen-bond acceptors (Lipinski definition) is 5. The Balaban J connectivity index is 0.0000000995. The van der Waals surface area contributed by atoms with Gasteiger partial charge in [-0.05, 0) is 260 Å². The van der Waals surface area contributed by atoms with Gasteiger partial charge in [0.05, 0.1) is 11.0 Å². The van der Waals surface area contributed by atoms with Crippen LogP contribution in [0.2, 0.25) is 0 Å². The summed E-state index contributed by atoms with van der Waals surface area (Å²) in [4.78, 5) is 0. The summed E-state index contributed by atoms with van der Waals surface area (Å²) in [6.07, 6.45) is 0. The second kappa shape index (κ2) is 33.7. The van der Waals surface area contributed by atoms with Gasteiger partial charge in [0, 0.05) is 135 Å². The van der Waals surface area contributed by atoms with Crippen LogP contribution in [0.25, 0.3) is 326 Å². The van der Waals surface area contributed by atoms with Crippen molar-refractivity contribution in [3.63, 3.8) is 0 Å². The van der Waals surface area contributed by atoms with E-state index in [4.69, 9.17) is 4.42 Å². The number of fused-ring (bicyclic) bond motifs is 39. The fraction of sp³-hybridized carbons (Fsp3) is 0. The van der Waals surface area contributed by atoms with Crippen LogP contribution in [0.15, 0.2) is 508 Å². The first kappa shape index (κ1) is 85.0. The molecule has 0 unspecified atom stereocenters. The van der Waals surface area contributed by atoms with E-state index in [9.17, 15) is 0 Å². The van der Waals surface area contributed by atoms with Crippen LogP contribution in [0.4, 0.5) is 0 Å². The normalized spacial score (nSPS) is 12.1. The monoisotopic (exact) mass is 1970 g/mol. The van der Waals surface area contributed by atoms with Gasteiger partial charge in [-0.1, -0.05) is 413 Å². The maximum absolute atomic E-state index is 6.60. The minimum atomic E-state index is 0.918. The fourth-order valence-corrected chi connectivity index (χ4v) is 30.5. The molecule has 28 aromatic carbocycles. The predicted octanol–water partition coefficient (Wildman–Crippen LogP) is 43.4. The molecule has 0 amide bonds. The van der Waals surface area contributed by atoms with Crippen LogP contribution in [0.1, 0.15) is 0 Å². The average molecular weight is 1970 g/mol. The van der Waals surface area contributed by atoms with Gasteiger partial charge in [-0.2, -0.15) is 0 Å². The molecule has 6 heteroatoms. The zero-order chi connectivity index (χ0) is 98.0. The number of thiophene rings is 4. The highest BCUT2D eigenvalue weighted by Crippen LogP contribution is 2.56. The first-order chi connectivity index (χ1) is 74.5. The Morgan fingerprint density at radius 1 is 0.147 bits per heavy atom. The predicted molar refractivity (Wildman–Crippen MR) is 655 cm³/mol. The molecule has 0 radical (unpaired) electrons. The average Bonchev–Trinajstić information content (AvgIpc) is 1.33. The molecule has 0 atom stereocenters. The van der Waals surface area contributed by atoms with E-state index in [1.807, 2.05) is 51.4 Å². The van der Waals surface area contributed by atoms with Gasteiger partial charge in [-0.15, -0.1) is 45.3 Å². The molecule has 2 nitrogen and oxygen atoms in total. The number of nitrogens with zero attached hydrogens (tertiary/aromatic N) is 1. The lowest BCUT2D eigenvalue weighted by Gasteiger charge is -2.18. The summed E-state index contributed by atoms with van der Waals surface area (Å²) in [6, 6.07) is 186. The van der Waals surface area contributed by atoms with E-state index in [0.717, 1.165) is 27.5 Å². The lowest BCUT2D eigenvalue weighted by molar-refractivity contribution is 0.670. The standard InChI is InChI=1S/C52H31NS.C46H26OS.C46H26S2/c1-2-14-34(15-3-1)53-46-25-13-12-18-37(46)44-30-32(26-28-47(44)53)49-39-20-7-9-22-41(39)50(42-23-10-8-21-40(42)49)33-27-29-48-45(31-33)51-38-19-6-4-16-35(38)36-17-5-11-24-43(36)52(51)54-48;1-3-15-31-28(12-1)29-13-2-8-20-37(29)46-44(31)39-26-27(24-25-41(39)48-46)42-32-16-4-6-18-34(32)43(35-19-7-5-17-33(35)42)38-22-11-21-36-30-14-9-10-23-40(30)47-45(36)38;1-3-14-32-29(11-1)30-12-2-8-19-37(30)46-45(32)39-26-28(22-24-42(39)48-46)44-35-17-6-4-15-33(35)43(34-16-5-7-18-36(34)44)27-21-23-41-38(25-27)31-13-9-10-20-40(31)47-41/h1-31H;2*1-26H. The third-order valence-corrected chi connectivity index (χ3v) is 36.8. The highest BCUT2D eigenvalue weighted by atomic mass is 32.1. The highest BCUT2D eigenvalue weighted by Gasteiger charge is 2.28. The second-order valence-electron chi connectivity index (χ2n) is 39.9. The molecule has 6 aromatic heterocycles. The topological polar surface area (TPSA) is 18.1 Å². The number of aromatic nitrogens is 1. The van der Waals surface area contributed by atoms with Crippen molar-refractivity contribution < 1.29 is 4.42 Å². The van der Waals surface area contributed by atoms with Crippen LogP contribution in [0.5, 0.6) is 0 Å². The number of hydrogen-bond donors (Lipinski definition) is 0. The quantitative estimate of drug-likeness (QED) is 0.115. The van der Waals surface area contributed by atoms with E-state index < -0.39 is 0 Å². The van der Waals surface area contributed by atoms with Crippen molar-refractivity contribution in [2.45, 2.75) is 0 Å². The summed E-state index contributed by atoms with van der Waals surface area (Å²) < 4.78 is 19.7. The van der Waals surface area contributed by atoms with E-state index in [2.05, 4.69) is 502 Å². The Morgan fingerprint density at radius 3 is 0.793 bits per heavy atom. The summed E-state index contributed by atoms with van der Waals surface area (Å²) in [5.74, 6) is 0. The molecule has 0 fully saturated rings. The first-order valence-corrected chi connectivity index (χ1v) is 54.7. The van der Waals surface area contributed by atoms with Gasteiger partial charge in [0.25, 0.3) is 0 Å². The molecule has 0 saturated carbocycles. The van der Waals surface area contributed by atoms with Crippen molar-refractivity contribution in [3.8, 4) is 72.4 Å². The molecule has 0 bridgehead atoms. The molecule has 694 valence electrons. The van der Waals surface area contributed by atoms with E-state index in [0.29, 0.717) is 0 Å². The zero-order valence-electron chi connectivity index (χ0n) is 80.9. The van der Waals surface area contributed by atoms with Crippen LogP contribution in [0, 0.1) is 0 Å². The molecular weight excluding hydrogens is 1890 g/mol. The molecule has 34 aromatic rings. The zero-order valence-corrected chi connectivity index (χ0v) is 84.2. The fourth-order valence-electron chi connectivity index (χ4n) is 25.7. The summed E-state index contributed by atoms with van der Waals surface area (Å²) in [5.41, 5.74) is 20.5. The molecule has 0 spiro atoms. The Hall–Kier alpha value is -18.2. The van der Waals surface area contributed by atoms with Gasteiger partial charge in [-0.25, -0.2) is 0 Å². The van der Waals surface area contributed by atoms with Gasteiger partial charge in [-0.3, -0.25) is 0 Å². The van der Waals surface area contributed by atoms with Crippen LogP contribution < -0.4 is 0 Å². The summed E-state index contributed by atoms with van der Waals surface area (Å²) >= 11 is 7.62. The SMILES string of the molecule is c1ccc(-n2c3ccccc3c3cc(-c4c5ccccc5c(-c5ccc6sc7c8ccccc8c8ccccc8c7c6c5)c5ccccc45)ccc32)cc1.c1ccc2c(c1)oc1c(-c3c4ccccc4c(-c4ccc5sc6c7ccccc7c7ccccc7c6c5c4)c4ccccc34)cccc12.c1ccc2c(c1)sc1ccc(-c3c4ccccc4c(-c4ccc5sc6c7ccccc7c7ccccc7c6c5c4)c4ccccc34)cc12. The summed E-state index contributed by atoms with van der Waals surface area (Å²) in [7, 11) is 0. The largest absolute Gasteiger partial charge is 0.455 e. The lowest BCUT2D eigenvalue weighted by atomic mass is 9.85. The van der Waals surface area contributed by atoms with Crippen molar-refractivity contribution in [1.82, 2.24) is 4.57 Å². The molecule has 0 saturated heterocycles. The minimum Gasteiger partial charge on any atom is -0.455 e. The second-order valence-corrected chi connectivity index (χ2v) is 44.1. The maximum atomic E-state index is 6.60. The maximum Gasteiger partial charge on any atom is 0.143 e. The number of rotatable bonds is 7. The third kappa shape index (κ3) is 12.8. The van der Waals surface area contributed by atoms with Gasteiger partial charge in [0.15, 0.2) is 0 Å². The van der Waals surface area contributed by atoms with Gasteiger partial charge in [0.1, 0.15) is 11.2 Å². The molecule has 6 heterocycles. The molecule has 150 heavy (non-hydrogen) atoms. The van der Waals surface area contributed by atoms with Crippen molar-refractivity contribution in [2.24, 2.45) is 0 Å².